The predicted molar refractivity (Wildman–Crippen MR) is 79.5 cm³/mol. The number of nitrogens with zero attached hydrogens (tertiary/aromatic N) is 1. The SMILES string of the molecule is CN1CCC(CNCC(O)c2ccccc2Cl)CC1. The fraction of sp³-hybridized carbons (Fsp3) is 0.600. The second-order valence-electron chi connectivity index (χ2n) is 5.44. The molecule has 106 valence electrons. The molecule has 0 radical (unpaired) electrons. The molecule has 1 heterocycles. The van der Waals surface area contributed by atoms with Crippen LogP contribution in [0.25, 0.3) is 0 Å². The van der Waals surface area contributed by atoms with Gasteiger partial charge in [0.1, 0.15) is 0 Å². The Kier molecular flexibility index (Phi) is 5.64. The quantitative estimate of drug-likeness (QED) is 0.870. The van der Waals surface area contributed by atoms with E-state index in [1.807, 2.05) is 24.3 Å². The zero-order chi connectivity index (χ0) is 13.7. The van der Waals surface area contributed by atoms with Crippen molar-refractivity contribution in [3.8, 4) is 0 Å². The highest BCUT2D eigenvalue weighted by atomic mass is 35.5. The molecule has 19 heavy (non-hydrogen) atoms. The van der Waals surface area contributed by atoms with Gasteiger partial charge in [-0.05, 0) is 51.5 Å². The van der Waals surface area contributed by atoms with E-state index in [-0.39, 0.29) is 0 Å². The van der Waals surface area contributed by atoms with Crippen LogP contribution in [0.5, 0.6) is 0 Å². The van der Waals surface area contributed by atoms with Crippen molar-refractivity contribution in [2.24, 2.45) is 5.92 Å². The molecule has 1 unspecified atom stereocenters. The molecule has 1 aromatic carbocycles. The summed E-state index contributed by atoms with van der Waals surface area (Å²) >= 11 is 6.07. The van der Waals surface area contributed by atoms with Gasteiger partial charge in [0.15, 0.2) is 0 Å². The van der Waals surface area contributed by atoms with Crippen LogP contribution in [0, 0.1) is 5.92 Å². The first-order valence-electron chi connectivity index (χ1n) is 6.98. The van der Waals surface area contributed by atoms with Crippen molar-refractivity contribution in [2.45, 2.75) is 18.9 Å². The van der Waals surface area contributed by atoms with E-state index >= 15 is 0 Å². The summed E-state index contributed by atoms with van der Waals surface area (Å²) in [6.45, 7) is 3.91. The average Bonchev–Trinajstić information content (AvgIpc) is 2.41. The molecule has 2 rings (SSSR count). The van der Waals surface area contributed by atoms with Crippen molar-refractivity contribution in [3.05, 3.63) is 34.9 Å². The molecule has 1 fully saturated rings. The summed E-state index contributed by atoms with van der Waals surface area (Å²) in [5.74, 6) is 0.731. The molecule has 0 aliphatic carbocycles. The van der Waals surface area contributed by atoms with Gasteiger partial charge in [-0.2, -0.15) is 0 Å². The lowest BCUT2D eigenvalue weighted by molar-refractivity contribution is 0.165. The number of hydrogen-bond donors (Lipinski definition) is 2. The maximum atomic E-state index is 10.1. The highest BCUT2D eigenvalue weighted by Gasteiger charge is 2.17. The lowest BCUT2D eigenvalue weighted by atomic mass is 9.97. The molecule has 3 nitrogen and oxygen atoms in total. The standard InChI is InChI=1S/C15H23ClN2O/c1-18-8-6-12(7-9-18)10-17-11-15(19)13-4-2-3-5-14(13)16/h2-5,12,15,17,19H,6-11H2,1H3. The van der Waals surface area contributed by atoms with Gasteiger partial charge < -0.3 is 15.3 Å². The largest absolute Gasteiger partial charge is 0.387 e. The minimum absolute atomic E-state index is 0.528. The number of aliphatic hydroxyl groups excluding tert-OH is 1. The van der Waals surface area contributed by atoms with E-state index in [9.17, 15) is 5.11 Å². The zero-order valence-corrected chi connectivity index (χ0v) is 12.2. The summed E-state index contributed by atoms with van der Waals surface area (Å²) in [5, 5.41) is 14.1. The fourth-order valence-electron chi connectivity index (χ4n) is 2.55. The Balaban J connectivity index is 1.72. The average molecular weight is 283 g/mol. The summed E-state index contributed by atoms with van der Waals surface area (Å²) < 4.78 is 0. The first kappa shape index (κ1) is 14.8. The molecule has 0 amide bonds. The molecule has 1 aliphatic rings. The number of nitrogens with one attached hydrogen (secondary N) is 1. The summed E-state index contributed by atoms with van der Waals surface area (Å²) in [4.78, 5) is 2.37. The minimum Gasteiger partial charge on any atom is -0.387 e. The van der Waals surface area contributed by atoms with Crippen LogP contribution in [-0.4, -0.2) is 43.2 Å². The van der Waals surface area contributed by atoms with E-state index in [1.54, 1.807) is 0 Å². The number of halogens is 1. The highest BCUT2D eigenvalue weighted by molar-refractivity contribution is 6.31. The molecule has 1 saturated heterocycles. The number of aliphatic hydroxyl groups is 1. The van der Waals surface area contributed by atoms with Gasteiger partial charge in [-0.15, -0.1) is 0 Å². The van der Waals surface area contributed by atoms with Crippen LogP contribution in [0.3, 0.4) is 0 Å². The number of rotatable bonds is 5. The number of benzene rings is 1. The molecule has 0 spiro atoms. The van der Waals surface area contributed by atoms with Gasteiger partial charge >= 0.3 is 0 Å². The Bertz CT molecular complexity index is 391. The molecule has 4 heteroatoms. The van der Waals surface area contributed by atoms with E-state index < -0.39 is 6.10 Å². The van der Waals surface area contributed by atoms with Crippen molar-refractivity contribution in [3.63, 3.8) is 0 Å². The third-order valence-corrected chi connectivity index (χ3v) is 4.22. The van der Waals surface area contributed by atoms with Crippen LogP contribution >= 0.6 is 11.6 Å². The van der Waals surface area contributed by atoms with E-state index in [2.05, 4.69) is 17.3 Å². The maximum Gasteiger partial charge on any atom is 0.0928 e. The minimum atomic E-state index is -0.528. The summed E-state index contributed by atoms with van der Waals surface area (Å²) in [6, 6.07) is 7.48. The molecule has 0 bridgehead atoms. The third kappa shape index (κ3) is 4.46. The lowest BCUT2D eigenvalue weighted by Crippen LogP contribution is -2.36. The molecular formula is C15H23ClN2O. The number of piperidine rings is 1. The zero-order valence-electron chi connectivity index (χ0n) is 11.5. The normalized spacial score (nSPS) is 19.5. The van der Waals surface area contributed by atoms with Crippen molar-refractivity contribution in [2.75, 3.05) is 33.2 Å². The Morgan fingerprint density at radius 2 is 2.05 bits per heavy atom. The van der Waals surface area contributed by atoms with Gasteiger partial charge in [-0.1, -0.05) is 29.8 Å². The topological polar surface area (TPSA) is 35.5 Å². The van der Waals surface area contributed by atoms with Crippen molar-refractivity contribution in [1.29, 1.82) is 0 Å². The summed E-state index contributed by atoms with van der Waals surface area (Å²) in [6.07, 6.45) is 1.96. The molecule has 1 atom stereocenters. The molecular weight excluding hydrogens is 260 g/mol. The Morgan fingerprint density at radius 3 is 2.74 bits per heavy atom. The summed E-state index contributed by atoms with van der Waals surface area (Å²) in [7, 11) is 2.17. The first-order chi connectivity index (χ1) is 9.16. The summed E-state index contributed by atoms with van der Waals surface area (Å²) in [5.41, 5.74) is 0.806. The smallest absolute Gasteiger partial charge is 0.0928 e. The lowest BCUT2D eigenvalue weighted by Gasteiger charge is -2.29. The molecule has 0 aromatic heterocycles. The van der Waals surface area contributed by atoms with Gasteiger partial charge in [0.2, 0.25) is 0 Å². The van der Waals surface area contributed by atoms with Gasteiger partial charge in [-0.25, -0.2) is 0 Å². The van der Waals surface area contributed by atoms with E-state index in [1.165, 1.54) is 25.9 Å². The Morgan fingerprint density at radius 1 is 1.37 bits per heavy atom. The Labute approximate surface area is 120 Å². The van der Waals surface area contributed by atoms with Crippen molar-refractivity contribution >= 4 is 11.6 Å². The van der Waals surface area contributed by atoms with Crippen molar-refractivity contribution < 1.29 is 5.11 Å². The predicted octanol–water partition coefficient (Wildman–Crippen LogP) is 2.30. The molecule has 1 aromatic rings. The van der Waals surface area contributed by atoms with Crippen LogP contribution in [0.4, 0.5) is 0 Å². The number of likely N-dealkylation sites (tertiary alicyclic amines) is 1. The third-order valence-electron chi connectivity index (χ3n) is 3.87. The van der Waals surface area contributed by atoms with Gasteiger partial charge in [0.05, 0.1) is 6.10 Å². The van der Waals surface area contributed by atoms with Crippen LogP contribution in [0.15, 0.2) is 24.3 Å². The fourth-order valence-corrected chi connectivity index (χ4v) is 2.81. The second kappa shape index (κ2) is 7.25. The molecule has 2 N–H and O–H groups in total. The monoisotopic (exact) mass is 282 g/mol. The Hall–Kier alpha value is -0.610. The number of hydrogen-bond acceptors (Lipinski definition) is 3. The van der Waals surface area contributed by atoms with Crippen LogP contribution in [-0.2, 0) is 0 Å². The van der Waals surface area contributed by atoms with Crippen LogP contribution in [0.1, 0.15) is 24.5 Å². The van der Waals surface area contributed by atoms with E-state index in [0.717, 1.165) is 18.0 Å². The van der Waals surface area contributed by atoms with Gasteiger partial charge in [0, 0.05) is 17.1 Å². The first-order valence-corrected chi connectivity index (χ1v) is 7.36. The maximum absolute atomic E-state index is 10.1. The highest BCUT2D eigenvalue weighted by Crippen LogP contribution is 2.22. The van der Waals surface area contributed by atoms with E-state index in [0.29, 0.717) is 11.6 Å². The van der Waals surface area contributed by atoms with Crippen molar-refractivity contribution in [1.82, 2.24) is 10.2 Å². The molecule has 0 saturated carbocycles. The molecule has 1 aliphatic heterocycles. The van der Waals surface area contributed by atoms with Gasteiger partial charge in [-0.3, -0.25) is 0 Å². The second-order valence-corrected chi connectivity index (χ2v) is 5.85. The van der Waals surface area contributed by atoms with Gasteiger partial charge in [0.25, 0.3) is 0 Å². The van der Waals surface area contributed by atoms with Crippen LogP contribution in [0.2, 0.25) is 5.02 Å². The van der Waals surface area contributed by atoms with Crippen LogP contribution < -0.4 is 5.32 Å². The van der Waals surface area contributed by atoms with E-state index in [4.69, 9.17) is 11.6 Å².